The van der Waals surface area contributed by atoms with Crippen LogP contribution in [0.3, 0.4) is 0 Å². The second-order valence-corrected chi connectivity index (χ2v) is 11.1. The van der Waals surface area contributed by atoms with Gasteiger partial charge in [-0.2, -0.15) is 26.3 Å². The molecule has 0 aliphatic heterocycles. The first kappa shape index (κ1) is 30.3. The van der Waals surface area contributed by atoms with E-state index < -0.39 is 57.1 Å². The molecule has 0 atom stereocenters. The van der Waals surface area contributed by atoms with Crippen molar-refractivity contribution in [2.45, 2.75) is 53.3 Å². The van der Waals surface area contributed by atoms with Crippen molar-refractivity contribution in [3.05, 3.63) is 65.5 Å². The molecule has 0 N–H and O–H groups in total. The summed E-state index contributed by atoms with van der Waals surface area (Å²) < 4.78 is 138. The number of benzene rings is 2. The monoisotopic (exact) mass is 572 g/mol. The lowest BCUT2D eigenvalue weighted by molar-refractivity contribution is -0.390. The highest BCUT2D eigenvalue weighted by molar-refractivity contribution is 7.92. The van der Waals surface area contributed by atoms with E-state index in [2.05, 4.69) is 4.74 Å². The minimum atomic E-state index is -5.90. The third-order valence-electron chi connectivity index (χ3n) is 6.64. The molecule has 1 fully saturated rings. The predicted octanol–water partition coefficient (Wildman–Crippen LogP) is 6.07. The topological polar surface area (TPSA) is 61.8 Å². The zero-order chi connectivity index (χ0) is 28.2. The SMILES string of the molecule is COCCOCCOC(c1ccc(C2(S(=O)(=O)c3ccc(F)cc3)CCCC2)cc1)(C(F)(F)F)C(F)(F)F. The summed E-state index contributed by atoms with van der Waals surface area (Å²) in [4.78, 5) is -0.193. The molecular weight excluding hydrogens is 545 g/mol. The summed E-state index contributed by atoms with van der Waals surface area (Å²) in [5, 5.41) is 0. The summed E-state index contributed by atoms with van der Waals surface area (Å²) in [6.07, 6.45) is -10.6. The van der Waals surface area contributed by atoms with E-state index in [0.717, 1.165) is 36.4 Å². The lowest BCUT2D eigenvalue weighted by atomic mass is 9.88. The van der Waals surface area contributed by atoms with Crippen LogP contribution in [0, 0.1) is 5.82 Å². The molecule has 2 aromatic rings. The van der Waals surface area contributed by atoms with Crippen molar-refractivity contribution < 1.29 is 53.4 Å². The van der Waals surface area contributed by atoms with E-state index in [1.54, 1.807) is 0 Å². The van der Waals surface area contributed by atoms with Crippen LogP contribution in [0.4, 0.5) is 30.7 Å². The van der Waals surface area contributed by atoms with E-state index in [0.29, 0.717) is 25.0 Å². The number of methoxy groups -OCH3 is 1. The third kappa shape index (κ3) is 5.56. The first-order valence-corrected chi connectivity index (χ1v) is 13.2. The largest absolute Gasteiger partial charge is 0.430 e. The highest BCUT2D eigenvalue weighted by Crippen LogP contribution is 2.54. The fourth-order valence-electron chi connectivity index (χ4n) is 4.74. The van der Waals surface area contributed by atoms with E-state index in [4.69, 9.17) is 9.47 Å². The molecule has 5 nitrogen and oxygen atoms in total. The Bertz CT molecular complexity index is 1140. The van der Waals surface area contributed by atoms with Crippen molar-refractivity contribution in [1.82, 2.24) is 0 Å². The van der Waals surface area contributed by atoms with E-state index in [-0.39, 0.29) is 36.5 Å². The zero-order valence-electron chi connectivity index (χ0n) is 20.4. The Labute approximate surface area is 215 Å². The second-order valence-electron chi connectivity index (χ2n) is 8.87. The summed E-state index contributed by atoms with van der Waals surface area (Å²) in [5.41, 5.74) is -5.86. The van der Waals surface area contributed by atoms with Gasteiger partial charge in [0.25, 0.3) is 5.60 Å². The van der Waals surface area contributed by atoms with Crippen molar-refractivity contribution in [3.8, 4) is 0 Å². The second kappa shape index (κ2) is 11.5. The number of hydrogen-bond donors (Lipinski definition) is 0. The Balaban J connectivity index is 2.02. The van der Waals surface area contributed by atoms with Gasteiger partial charge < -0.3 is 14.2 Å². The van der Waals surface area contributed by atoms with Gasteiger partial charge in [0.05, 0.1) is 31.3 Å². The molecule has 3 rings (SSSR count). The van der Waals surface area contributed by atoms with E-state index >= 15 is 0 Å². The first-order chi connectivity index (χ1) is 17.7. The Morgan fingerprint density at radius 1 is 0.789 bits per heavy atom. The van der Waals surface area contributed by atoms with Crippen molar-refractivity contribution in [2.24, 2.45) is 0 Å². The molecule has 0 aromatic heterocycles. The van der Waals surface area contributed by atoms with Gasteiger partial charge in [-0.1, -0.05) is 37.1 Å². The average Bonchev–Trinajstić information content (AvgIpc) is 3.34. The number of halogens is 7. The van der Waals surface area contributed by atoms with Crippen molar-refractivity contribution in [2.75, 3.05) is 33.5 Å². The summed E-state index contributed by atoms with van der Waals surface area (Å²) in [6, 6.07) is 7.23. The maximum absolute atomic E-state index is 14.1. The molecule has 0 amide bonds. The quantitative estimate of drug-likeness (QED) is 0.186. The maximum atomic E-state index is 14.1. The van der Waals surface area contributed by atoms with Crippen LogP contribution < -0.4 is 0 Å². The summed E-state index contributed by atoms with van der Waals surface area (Å²) in [6.45, 7) is -1.53. The Morgan fingerprint density at radius 3 is 1.82 bits per heavy atom. The maximum Gasteiger partial charge on any atom is 0.430 e. The van der Waals surface area contributed by atoms with Gasteiger partial charge in [-0.25, -0.2) is 12.8 Å². The molecule has 13 heteroatoms. The number of ether oxygens (including phenoxy) is 3. The van der Waals surface area contributed by atoms with E-state index in [9.17, 15) is 39.2 Å². The fraction of sp³-hybridized carbons (Fsp3) is 0.520. The molecule has 1 aliphatic carbocycles. The van der Waals surface area contributed by atoms with Gasteiger partial charge in [-0.15, -0.1) is 0 Å². The Kier molecular flexibility index (Phi) is 9.17. The van der Waals surface area contributed by atoms with Gasteiger partial charge >= 0.3 is 12.4 Å². The molecule has 1 aliphatic rings. The molecule has 212 valence electrons. The summed E-state index contributed by atoms with van der Waals surface area (Å²) in [7, 11) is -2.82. The van der Waals surface area contributed by atoms with Crippen LogP contribution in [0.5, 0.6) is 0 Å². The number of alkyl halides is 6. The van der Waals surface area contributed by atoms with Crippen LogP contribution in [-0.4, -0.2) is 54.3 Å². The molecule has 0 heterocycles. The molecule has 0 unspecified atom stereocenters. The fourth-order valence-corrected chi connectivity index (χ4v) is 6.96. The molecule has 1 saturated carbocycles. The zero-order valence-corrected chi connectivity index (χ0v) is 21.2. The normalized spacial score (nSPS) is 16.6. The first-order valence-electron chi connectivity index (χ1n) is 11.7. The molecule has 0 bridgehead atoms. The van der Waals surface area contributed by atoms with Gasteiger partial charge in [0.1, 0.15) is 10.6 Å². The summed E-state index contributed by atoms with van der Waals surface area (Å²) in [5.74, 6) is -0.659. The third-order valence-corrected chi connectivity index (χ3v) is 9.21. The number of rotatable bonds is 11. The van der Waals surface area contributed by atoms with Crippen LogP contribution in [-0.2, 0) is 34.4 Å². The van der Waals surface area contributed by atoms with Crippen LogP contribution in [0.15, 0.2) is 53.4 Å². The number of sulfone groups is 1. The van der Waals surface area contributed by atoms with E-state index in [1.807, 2.05) is 0 Å². The molecule has 0 spiro atoms. The van der Waals surface area contributed by atoms with Crippen LogP contribution in [0.2, 0.25) is 0 Å². The lowest BCUT2D eigenvalue weighted by Crippen LogP contribution is -2.56. The van der Waals surface area contributed by atoms with Crippen molar-refractivity contribution in [1.29, 1.82) is 0 Å². The predicted molar refractivity (Wildman–Crippen MR) is 123 cm³/mol. The Hall–Kier alpha value is -2.22. The standard InChI is InChI=1S/C25H27F7O5S/c1-35-14-15-36-16-17-37-23(24(27,28)29,25(30,31)32)19-6-4-18(5-7-19)22(12-2-3-13-22)38(33,34)21-10-8-20(26)9-11-21/h4-11H,2-3,12-17H2,1H3. The minimum Gasteiger partial charge on any atom is -0.382 e. The highest BCUT2D eigenvalue weighted by Gasteiger charge is 2.73. The van der Waals surface area contributed by atoms with Gasteiger partial charge in [0.2, 0.25) is 0 Å². The summed E-state index contributed by atoms with van der Waals surface area (Å²) >= 11 is 0. The van der Waals surface area contributed by atoms with Crippen LogP contribution >= 0.6 is 0 Å². The van der Waals surface area contributed by atoms with Gasteiger partial charge in [-0.3, -0.25) is 0 Å². The molecule has 2 aromatic carbocycles. The lowest BCUT2D eigenvalue weighted by Gasteiger charge is -2.38. The molecule has 0 radical (unpaired) electrons. The Morgan fingerprint density at radius 2 is 1.32 bits per heavy atom. The van der Waals surface area contributed by atoms with Crippen LogP contribution in [0.25, 0.3) is 0 Å². The minimum absolute atomic E-state index is 0.0456. The smallest absolute Gasteiger partial charge is 0.382 e. The van der Waals surface area contributed by atoms with E-state index in [1.165, 1.54) is 7.11 Å². The number of hydrogen-bond acceptors (Lipinski definition) is 5. The van der Waals surface area contributed by atoms with Crippen molar-refractivity contribution >= 4 is 9.84 Å². The van der Waals surface area contributed by atoms with Crippen LogP contribution in [0.1, 0.15) is 36.8 Å². The molecule has 0 saturated heterocycles. The van der Waals surface area contributed by atoms with Gasteiger partial charge in [-0.05, 0) is 42.7 Å². The molecule has 38 heavy (non-hydrogen) atoms. The molecular formula is C25H27F7O5S. The highest BCUT2D eigenvalue weighted by atomic mass is 32.2. The van der Waals surface area contributed by atoms with Gasteiger partial charge in [0, 0.05) is 12.7 Å². The average molecular weight is 573 g/mol. The van der Waals surface area contributed by atoms with Crippen molar-refractivity contribution in [3.63, 3.8) is 0 Å². The van der Waals surface area contributed by atoms with Gasteiger partial charge in [0.15, 0.2) is 9.84 Å².